The molecule has 0 spiro atoms. The molecule has 2 aromatic rings. The largest absolute Gasteiger partial charge is 0.261 e. The molecule has 3 rings (SSSR count). The fourth-order valence-corrected chi connectivity index (χ4v) is 2.01. The molecule has 1 aromatic carbocycles. The Balaban J connectivity index is 2.03. The molecule has 0 unspecified atom stereocenters. The molecule has 16 heavy (non-hydrogen) atoms. The maximum Gasteiger partial charge on any atom is 0.0468 e. The quantitative estimate of drug-likeness (QED) is 0.733. The van der Waals surface area contributed by atoms with Crippen LogP contribution in [0.4, 0.5) is 0 Å². The Labute approximate surface area is 96.2 Å². The zero-order valence-electron chi connectivity index (χ0n) is 9.48. The summed E-state index contributed by atoms with van der Waals surface area (Å²) in [6.45, 7) is 2.30. The minimum atomic E-state index is 0.352. The lowest BCUT2D eigenvalue weighted by molar-refractivity contribution is 0.750. The normalized spacial score (nSPS) is 17.1. The van der Waals surface area contributed by atoms with Crippen LogP contribution in [-0.2, 0) is 5.41 Å². The molecule has 1 nitrogen and oxygen atoms in total. The minimum Gasteiger partial charge on any atom is -0.261 e. The number of benzene rings is 1. The van der Waals surface area contributed by atoms with Gasteiger partial charge in [0, 0.05) is 17.3 Å². The van der Waals surface area contributed by atoms with Crippen molar-refractivity contribution in [3.05, 3.63) is 54.4 Å². The predicted molar refractivity (Wildman–Crippen MR) is 66.3 cm³/mol. The van der Waals surface area contributed by atoms with Crippen LogP contribution in [0.5, 0.6) is 0 Å². The summed E-state index contributed by atoms with van der Waals surface area (Å²) in [4.78, 5) is 4.50. The van der Waals surface area contributed by atoms with Crippen molar-refractivity contribution in [2.24, 2.45) is 0 Å². The molecule has 1 fully saturated rings. The van der Waals surface area contributed by atoms with Crippen LogP contribution < -0.4 is 0 Å². The first-order valence-corrected chi connectivity index (χ1v) is 5.80. The molecule has 1 heteroatoms. The zero-order chi connectivity index (χ0) is 11.0. The van der Waals surface area contributed by atoms with Crippen LogP contribution in [-0.4, -0.2) is 4.98 Å². The third kappa shape index (κ3) is 1.63. The van der Waals surface area contributed by atoms with Crippen LogP contribution in [0, 0.1) is 0 Å². The van der Waals surface area contributed by atoms with Gasteiger partial charge in [0.1, 0.15) is 0 Å². The first-order valence-electron chi connectivity index (χ1n) is 5.80. The van der Waals surface area contributed by atoms with E-state index < -0.39 is 0 Å². The number of rotatable bonds is 2. The molecule has 0 N–H and O–H groups in total. The lowest BCUT2D eigenvalue weighted by Gasteiger charge is -2.09. The lowest BCUT2D eigenvalue weighted by atomic mass is 10.00. The topological polar surface area (TPSA) is 12.9 Å². The Hall–Kier alpha value is -1.63. The van der Waals surface area contributed by atoms with Gasteiger partial charge in [-0.25, -0.2) is 0 Å². The molecule has 0 radical (unpaired) electrons. The van der Waals surface area contributed by atoms with E-state index >= 15 is 0 Å². The highest BCUT2D eigenvalue weighted by molar-refractivity contribution is 5.63. The summed E-state index contributed by atoms with van der Waals surface area (Å²) >= 11 is 0. The highest BCUT2D eigenvalue weighted by Gasteiger charge is 2.40. The van der Waals surface area contributed by atoms with Crippen LogP contribution in [0.25, 0.3) is 11.1 Å². The first kappa shape index (κ1) is 9.59. The Bertz CT molecular complexity index is 498. The second-order valence-corrected chi connectivity index (χ2v) is 4.86. The fourth-order valence-electron chi connectivity index (χ4n) is 2.01. The maximum atomic E-state index is 4.50. The van der Waals surface area contributed by atoms with Gasteiger partial charge in [0.05, 0.1) is 0 Å². The van der Waals surface area contributed by atoms with Gasteiger partial charge in [-0.2, -0.15) is 0 Å². The number of pyridine rings is 1. The minimum absolute atomic E-state index is 0.352. The van der Waals surface area contributed by atoms with E-state index in [4.69, 9.17) is 0 Å². The molecule has 1 saturated carbocycles. The lowest BCUT2D eigenvalue weighted by Crippen LogP contribution is -2.02. The molecule has 0 aliphatic heterocycles. The smallest absolute Gasteiger partial charge is 0.0468 e. The van der Waals surface area contributed by atoms with Crippen molar-refractivity contribution in [3.63, 3.8) is 0 Å². The second kappa shape index (κ2) is 3.44. The molecule has 0 atom stereocenters. The van der Waals surface area contributed by atoms with Gasteiger partial charge in [0.2, 0.25) is 0 Å². The van der Waals surface area contributed by atoms with Gasteiger partial charge in [-0.1, -0.05) is 37.3 Å². The molecule has 0 saturated heterocycles. The summed E-state index contributed by atoms with van der Waals surface area (Å²) in [5.41, 5.74) is 4.15. The van der Waals surface area contributed by atoms with E-state index in [1.54, 1.807) is 0 Å². The van der Waals surface area contributed by atoms with Gasteiger partial charge < -0.3 is 0 Å². The summed E-state index contributed by atoms with van der Waals surface area (Å²) in [6, 6.07) is 14.8. The summed E-state index contributed by atoms with van der Waals surface area (Å²) in [7, 11) is 0. The maximum absolute atomic E-state index is 4.50. The summed E-state index contributed by atoms with van der Waals surface area (Å²) < 4.78 is 0. The molecule has 0 bridgehead atoms. The molecule has 1 aliphatic rings. The molecular weight excluding hydrogens is 194 g/mol. The highest BCUT2D eigenvalue weighted by atomic mass is 14.7. The van der Waals surface area contributed by atoms with E-state index in [1.165, 1.54) is 29.7 Å². The summed E-state index contributed by atoms with van der Waals surface area (Å²) in [6.07, 6.45) is 4.48. The molecular formula is C15H15N. The van der Waals surface area contributed by atoms with Crippen LogP contribution in [0.1, 0.15) is 25.5 Å². The van der Waals surface area contributed by atoms with Crippen molar-refractivity contribution in [3.8, 4) is 11.1 Å². The van der Waals surface area contributed by atoms with Gasteiger partial charge in [0.15, 0.2) is 0 Å². The van der Waals surface area contributed by atoms with Crippen molar-refractivity contribution in [2.45, 2.75) is 25.2 Å². The SMILES string of the molecule is CC1(c2cc(-c3ccccc3)ccn2)CC1. The number of nitrogens with zero attached hydrogens (tertiary/aromatic N) is 1. The second-order valence-electron chi connectivity index (χ2n) is 4.86. The van der Waals surface area contributed by atoms with Gasteiger partial charge in [-0.3, -0.25) is 4.98 Å². The monoisotopic (exact) mass is 209 g/mol. The van der Waals surface area contributed by atoms with E-state index in [2.05, 4.69) is 48.3 Å². The van der Waals surface area contributed by atoms with Crippen molar-refractivity contribution in [1.82, 2.24) is 4.98 Å². The Morgan fingerprint density at radius 1 is 1.00 bits per heavy atom. The zero-order valence-corrected chi connectivity index (χ0v) is 9.48. The predicted octanol–water partition coefficient (Wildman–Crippen LogP) is 3.80. The summed E-state index contributed by atoms with van der Waals surface area (Å²) in [5, 5.41) is 0. The van der Waals surface area contributed by atoms with E-state index in [0.29, 0.717) is 5.41 Å². The summed E-state index contributed by atoms with van der Waals surface area (Å²) in [5.74, 6) is 0. The third-order valence-electron chi connectivity index (χ3n) is 3.49. The van der Waals surface area contributed by atoms with E-state index in [-0.39, 0.29) is 0 Å². The molecule has 1 aromatic heterocycles. The van der Waals surface area contributed by atoms with Crippen LogP contribution in [0.15, 0.2) is 48.7 Å². The highest BCUT2D eigenvalue weighted by Crippen LogP contribution is 2.47. The van der Waals surface area contributed by atoms with Gasteiger partial charge in [-0.05, 0) is 36.1 Å². The van der Waals surface area contributed by atoms with Crippen molar-refractivity contribution >= 4 is 0 Å². The third-order valence-corrected chi connectivity index (χ3v) is 3.49. The number of hydrogen-bond acceptors (Lipinski definition) is 1. The number of hydrogen-bond donors (Lipinski definition) is 0. The molecule has 1 aliphatic carbocycles. The van der Waals surface area contributed by atoms with E-state index in [0.717, 1.165) is 0 Å². The molecule has 1 heterocycles. The van der Waals surface area contributed by atoms with Crippen molar-refractivity contribution < 1.29 is 0 Å². The Morgan fingerprint density at radius 3 is 2.44 bits per heavy atom. The van der Waals surface area contributed by atoms with E-state index in [1.807, 2.05) is 12.3 Å². The van der Waals surface area contributed by atoms with Gasteiger partial charge in [0.25, 0.3) is 0 Å². The Morgan fingerprint density at radius 2 is 1.75 bits per heavy atom. The van der Waals surface area contributed by atoms with Crippen LogP contribution in [0.2, 0.25) is 0 Å². The average molecular weight is 209 g/mol. The van der Waals surface area contributed by atoms with Crippen LogP contribution >= 0.6 is 0 Å². The van der Waals surface area contributed by atoms with Crippen molar-refractivity contribution in [2.75, 3.05) is 0 Å². The van der Waals surface area contributed by atoms with Crippen molar-refractivity contribution in [1.29, 1.82) is 0 Å². The molecule has 0 amide bonds. The average Bonchev–Trinajstić information content (AvgIpc) is 3.10. The number of aromatic nitrogens is 1. The Kier molecular flexibility index (Phi) is 2.06. The van der Waals surface area contributed by atoms with E-state index in [9.17, 15) is 0 Å². The molecule has 80 valence electrons. The van der Waals surface area contributed by atoms with Crippen LogP contribution in [0.3, 0.4) is 0 Å². The fraction of sp³-hybridized carbons (Fsp3) is 0.267. The van der Waals surface area contributed by atoms with Gasteiger partial charge >= 0.3 is 0 Å². The first-order chi connectivity index (χ1) is 7.78. The van der Waals surface area contributed by atoms with Gasteiger partial charge in [-0.15, -0.1) is 0 Å². The standard InChI is InChI=1S/C15H15N/c1-15(8-9-15)14-11-13(7-10-16-14)12-5-3-2-4-6-12/h2-7,10-11H,8-9H2,1H3.